The Kier molecular flexibility index (Phi) is 5.73. The van der Waals surface area contributed by atoms with Gasteiger partial charge in [0.2, 0.25) is 0 Å². The van der Waals surface area contributed by atoms with Crippen LogP contribution in [0.3, 0.4) is 0 Å². The molecule has 4 heterocycles. The number of ketones is 1. The summed E-state index contributed by atoms with van der Waals surface area (Å²) in [5.74, 6) is 0.997. The van der Waals surface area contributed by atoms with Gasteiger partial charge in [-0.2, -0.15) is 0 Å². The number of carbonyl (C=O) groups excluding carboxylic acids is 1. The van der Waals surface area contributed by atoms with Crippen molar-refractivity contribution < 1.29 is 13.6 Å². The van der Waals surface area contributed by atoms with E-state index >= 15 is 0 Å². The van der Waals surface area contributed by atoms with Crippen LogP contribution in [0.5, 0.6) is 0 Å². The van der Waals surface area contributed by atoms with Crippen LogP contribution in [0, 0.1) is 0 Å². The lowest BCUT2D eigenvalue weighted by atomic mass is 10.3. The van der Waals surface area contributed by atoms with Crippen LogP contribution in [-0.2, 0) is 4.79 Å². The van der Waals surface area contributed by atoms with Gasteiger partial charge in [-0.15, -0.1) is 20.4 Å². The summed E-state index contributed by atoms with van der Waals surface area (Å²) < 4.78 is 11.0. The van der Waals surface area contributed by atoms with Crippen LogP contribution in [0.4, 0.5) is 0 Å². The first-order chi connectivity index (χ1) is 13.8. The second kappa shape index (κ2) is 8.76. The van der Waals surface area contributed by atoms with E-state index in [4.69, 9.17) is 8.83 Å². The summed E-state index contributed by atoms with van der Waals surface area (Å²) in [6, 6.07) is 10.8. The third-order valence-corrected chi connectivity index (χ3v) is 5.05. The fourth-order valence-corrected chi connectivity index (χ4v) is 3.42. The van der Waals surface area contributed by atoms with Crippen molar-refractivity contribution in [3.63, 3.8) is 0 Å². The third-order valence-electron chi connectivity index (χ3n) is 3.29. The molecule has 4 rings (SSSR count). The van der Waals surface area contributed by atoms with Crippen LogP contribution < -0.4 is 0 Å². The standard InChI is InChI=1S/C17H12N6O3S2/c24-11(9-27-16-22-20-14(25-16)12-5-1-3-7-18-12)10-28-17-23-21-15(26-17)13-6-2-4-8-19-13/h1-8H,9-10H2. The molecule has 0 aromatic carbocycles. The van der Waals surface area contributed by atoms with Crippen molar-refractivity contribution >= 4 is 29.3 Å². The van der Waals surface area contributed by atoms with Crippen LogP contribution in [0.2, 0.25) is 0 Å². The van der Waals surface area contributed by atoms with Crippen molar-refractivity contribution in [1.29, 1.82) is 0 Å². The summed E-state index contributed by atoms with van der Waals surface area (Å²) in [6.45, 7) is 0. The summed E-state index contributed by atoms with van der Waals surface area (Å²) in [4.78, 5) is 20.4. The Morgan fingerprint density at radius 3 is 1.68 bits per heavy atom. The Bertz CT molecular complexity index is 971. The van der Waals surface area contributed by atoms with Gasteiger partial charge in [-0.1, -0.05) is 35.7 Å². The molecule has 0 bridgehead atoms. The molecule has 0 aliphatic carbocycles. The van der Waals surface area contributed by atoms with Crippen molar-refractivity contribution in [1.82, 2.24) is 30.4 Å². The highest BCUT2D eigenvalue weighted by atomic mass is 32.2. The van der Waals surface area contributed by atoms with Gasteiger partial charge in [0.25, 0.3) is 22.2 Å². The lowest BCUT2D eigenvalue weighted by molar-refractivity contribution is -0.114. The average Bonchev–Trinajstić information content (AvgIpc) is 3.42. The summed E-state index contributed by atoms with van der Waals surface area (Å²) in [6.07, 6.45) is 3.29. The maximum absolute atomic E-state index is 12.1. The monoisotopic (exact) mass is 412 g/mol. The predicted molar refractivity (Wildman–Crippen MR) is 102 cm³/mol. The summed E-state index contributed by atoms with van der Waals surface area (Å²) in [7, 11) is 0. The number of carbonyl (C=O) groups is 1. The maximum Gasteiger partial charge on any atom is 0.277 e. The van der Waals surface area contributed by atoms with Crippen LogP contribution in [-0.4, -0.2) is 47.7 Å². The van der Waals surface area contributed by atoms with Gasteiger partial charge in [-0.3, -0.25) is 14.8 Å². The van der Waals surface area contributed by atoms with E-state index in [2.05, 4.69) is 30.4 Å². The Balaban J connectivity index is 1.26. The van der Waals surface area contributed by atoms with Crippen LogP contribution in [0.15, 0.2) is 68.1 Å². The van der Waals surface area contributed by atoms with E-state index in [1.807, 2.05) is 12.1 Å². The number of thioether (sulfide) groups is 2. The highest BCUT2D eigenvalue weighted by Crippen LogP contribution is 2.24. The van der Waals surface area contributed by atoms with E-state index in [1.54, 1.807) is 36.7 Å². The van der Waals surface area contributed by atoms with Crippen molar-refractivity contribution in [3.8, 4) is 23.2 Å². The summed E-state index contributed by atoms with van der Waals surface area (Å²) in [5, 5.41) is 16.3. The van der Waals surface area contributed by atoms with Gasteiger partial charge in [0.1, 0.15) is 11.4 Å². The minimum atomic E-state index is -0.0230. The van der Waals surface area contributed by atoms with E-state index in [-0.39, 0.29) is 17.3 Å². The van der Waals surface area contributed by atoms with Crippen molar-refractivity contribution in [2.24, 2.45) is 0 Å². The molecule has 0 fully saturated rings. The molecule has 0 unspecified atom stereocenters. The number of hydrogen-bond donors (Lipinski definition) is 0. The van der Waals surface area contributed by atoms with Gasteiger partial charge in [0.05, 0.1) is 11.5 Å². The molecule has 28 heavy (non-hydrogen) atoms. The number of nitrogens with zero attached hydrogens (tertiary/aromatic N) is 6. The quantitative estimate of drug-likeness (QED) is 0.397. The number of aromatic nitrogens is 6. The number of pyridine rings is 2. The molecule has 0 atom stereocenters. The molecular weight excluding hydrogens is 400 g/mol. The van der Waals surface area contributed by atoms with Crippen LogP contribution in [0.25, 0.3) is 23.2 Å². The minimum Gasteiger partial charge on any atom is -0.410 e. The molecule has 0 spiro atoms. The first kappa shape index (κ1) is 18.3. The first-order valence-electron chi connectivity index (χ1n) is 8.05. The zero-order chi connectivity index (χ0) is 19.2. The van der Waals surface area contributed by atoms with E-state index in [1.165, 1.54) is 23.5 Å². The second-order valence-electron chi connectivity index (χ2n) is 5.29. The zero-order valence-corrected chi connectivity index (χ0v) is 15.9. The molecule has 0 N–H and O–H groups in total. The number of rotatable bonds is 8. The average molecular weight is 412 g/mol. The van der Waals surface area contributed by atoms with Crippen LogP contribution >= 0.6 is 23.5 Å². The largest absolute Gasteiger partial charge is 0.410 e. The Morgan fingerprint density at radius 1 is 0.750 bits per heavy atom. The Morgan fingerprint density at radius 2 is 1.25 bits per heavy atom. The molecule has 140 valence electrons. The lowest BCUT2D eigenvalue weighted by Gasteiger charge is -1.96. The van der Waals surface area contributed by atoms with Gasteiger partial charge in [0.15, 0.2) is 5.78 Å². The molecule has 4 aromatic heterocycles. The summed E-state index contributed by atoms with van der Waals surface area (Å²) >= 11 is 2.35. The van der Waals surface area contributed by atoms with E-state index in [0.717, 1.165) is 0 Å². The Hall–Kier alpha value is -3.05. The van der Waals surface area contributed by atoms with Gasteiger partial charge in [-0.25, -0.2) is 0 Å². The van der Waals surface area contributed by atoms with Crippen LogP contribution in [0.1, 0.15) is 0 Å². The van der Waals surface area contributed by atoms with Gasteiger partial charge < -0.3 is 8.83 Å². The zero-order valence-electron chi connectivity index (χ0n) is 14.3. The highest BCUT2D eigenvalue weighted by Gasteiger charge is 2.14. The highest BCUT2D eigenvalue weighted by molar-refractivity contribution is 8.01. The molecule has 4 aromatic rings. The topological polar surface area (TPSA) is 121 Å². The molecule has 0 saturated carbocycles. The molecule has 0 saturated heterocycles. The lowest BCUT2D eigenvalue weighted by Crippen LogP contribution is -2.04. The molecule has 0 amide bonds. The SMILES string of the molecule is O=C(CSc1nnc(-c2ccccn2)o1)CSc1nnc(-c2ccccn2)o1. The maximum atomic E-state index is 12.1. The molecule has 0 radical (unpaired) electrons. The van der Waals surface area contributed by atoms with E-state index in [9.17, 15) is 4.79 Å². The summed E-state index contributed by atoms with van der Waals surface area (Å²) in [5.41, 5.74) is 1.17. The molecular formula is C17H12N6O3S2. The molecule has 9 nitrogen and oxygen atoms in total. The minimum absolute atomic E-state index is 0.0230. The van der Waals surface area contributed by atoms with Gasteiger partial charge in [0, 0.05) is 12.4 Å². The molecule has 0 aliphatic heterocycles. The van der Waals surface area contributed by atoms with Crippen molar-refractivity contribution in [3.05, 3.63) is 48.8 Å². The fourth-order valence-electron chi connectivity index (χ4n) is 2.05. The first-order valence-corrected chi connectivity index (χ1v) is 10.0. The van der Waals surface area contributed by atoms with E-state index in [0.29, 0.717) is 33.6 Å². The molecule has 11 heteroatoms. The van der Waals surface area contributed by atoms with E-state index < -0.39 is 0 Å². The van der Waals surface area contributed by atoms with Crippen molar-refractivity contribution in [2.45, 2.75) is 10.4 Å². The Labute approximate surface area is 167 Å². The van der Waals surface area contributed by atoms with Gasteiger partial charge >= 0.3 is 0 Å². The van der Waals surface area contributed by atoms with Crippen molar-refractivity contribution in [2.75, 3.05) is 11.5 Å². The number of hydrogen-bond acceptors (Lipinski definition) is 11. The number of Topliss-reactive ketones (excluding diaryl/α,β-unsaturated/α-hetero) is 1. The predicted octanol–water partition coefficient (Wildman–Crippen LogP) is 3.03. The fraction of sp³-hybridized carbons (Fsp3) is 0.118. The van der Waals surface area contributed by atoms with Gasteiger partial charge in [-0.05, 0) is 24.3 Å². The normalized spacial score (nSPS) is 10.9. The molecule has 0 aliphatic rings. The third kappa shape index (κ3) is 4.61. The smallest absolute Gasteiger partial charge is 0.277 e. The second-order valence-corrected chi connectivity index (χ2v) is 7.15.